The summed E-state index contributed by atoms with van der Waals surface area (Å²) in [5.74, 6) is -0.00471. The van der Waals surface area contributed by atoms with Gasteiger partial charge >= 0.3 is 6.09 Å². The van der Waals surface area contributed by atoms with Crippen LogP contribution in [-0.4, -0.2) is 88.5 Å². The maximum absolute atomic E-state index is 15.0. The number of benzene rings is 2. The molecule has 6 rings (SSSR count). The van der Waals surface area contributed by atoms with Crippen LogP contribution in [0, 0.1) is 23.6 Å². The van der Waals surface area contributed by atoms with Crippen LogP contribution >= 0.6 is 0 Å². The number of nitrogens with one attached hydrogen (secondary N) is 2. The SMILES string of the molecule is COC(=O)N[C@H]1CCC[C@@H]1[C@](CNC(=O)C(C)(C)N)(c1cccc(F)c1)C1CCN(CC2CN(c3ccc(S(=O)(=O)C4CC4)cc3)C2)CC1. The molecule has 0 unspecified atom stereocenters. The highest BCUT2D eigenvalue weighted by molar-refractivity contribution is 7.92. The summed E-state index contributed by atoms with van der Waals surface area (Å²) in [6, 6.07) is 13.9. The molecule has 268 valence electrons. The molecule has 0 bridgehead atoms. The zero-order chi connectivity index (χ0) is 35.0. The Morgan fingerprint density at radius 2 is 1.69 bits per heavy atom. The van der Waals surface area contributed by atoms with Gasteiger partial charge in [0.05, 0.1) is 22.8 Å². The minimum atomic E-state index is -3.19. The number of alkyl carbamates (subject to hydrolysis) is 1. The molecule has 0 radical (unpaired) electrons. The minimum absolute atomic E-state index is 0.0445. The van der Waals surface area contributed by atoms with E-state index < -0.39 is 26.9 Å². The van der Waals surface area contributed by atoms with Gasteiger partial charge in [0.25, 0.3) is 0 Å². The predicted molar refractivity (Wildman–Crippen MR) is 188 cm³/mol. The van der Waals surface area contributed by atoms with Crippen LogP contribution in [0.3, 0.4) is 0 Å². The maximum Gasteiger partial charge on any atom is 0.407 e. The number of nitrogens with zero attached hydrogens (tertiary/aromatic N) is 2. The Morgan fingerprint density at radius 1 is 1.00 bits per heavy atom. The third-order valence-corrected chi connectivity index (χ3v) is 13.7. The van der Waals surface area contributed by atoms with E-state index in [0.717, 1.165) is 88.9 Å². The minimum Gasteiger partial charge on any atom is -0.453 e. The van der Waals surface area contributed by atoms with Crippen LogP contribution in [0.1, 0.15) is 64.4 Å². The van der Waals surface area contributed by atoms with E-state index in [0.29, 0.717) is 17.4 Å². The van der Waals surface area contributed by atoms with E-state index in [-0.39, 0.29) is 34.9 Å². The van der Waals surface area contributed by atoms with Crippen LogP contribution < -0.4 is 21.3 Å². The second-order valence-corrected chi connectivity index (χ2v) is 17.5. The van der Waals surface area contributed by atoms with E-state index in [4.69, 9.17) is 10.5 Å². The molecule has 2 saturated heterocycles. The van der Waals surface area contributed by atoms with Gasteiger partial charge < -0.3 is 30.9 Å². The van der Waals surface area contributed by atoms with Crippen LogP contribution in [0.2, 0.25) is 0 Å². The van der Waals surface area contributed by atoms with Crippen molar-refractivity contribution in [2.24, 2.45) is 23.5 Å². The van der Waals surface area contributed by atoms with Gasteiger partial charge in [0.2, 0.25) is 5.91 Å². The molecule has 10 nitrogen and oxygen atoms in total. The van der Waals surface area contributed by atoms with Gasteiger partial charge in [-0.25, -0.2) is 17.6 Å². The van der Waals surface area contributed by atoms with Gasteiger partial charge in [-0.1, -0.05) is 18.6 Å². The molecule has 0 spiro atoms. The monoisotopic (exact) mass is 697 g/mol. The molecule has 2 heterocycles. The van der Waals surface area contributed by atoms with E-state index >= 15 is 0 Å². The summed E-state index contributed by atoms with van der Waals surface area (Å²) in [5.41, 5.74) is 6.38. The van der Waals surface area contributed by atoms with Gasteiger partial charge in [-0.05, 0) is 119 Å². The van der Waals surface area contributed by atoms with E-state index in [1.165, 1.54) is 13.2 Å². The van der Waals surface area contributed by atoms with Crippen molar-refractivity contribution in [2.45, 2.75) is 85.9 Å². The van der Waals surface area contributed by atoms with Crippen LogP contribution in [0.5, 0.6) is 0 Å². The fraction of sp³-hybridized carbons (Fsp3) is 0.622. The summed E-state index contributed by atoms with van der Waals surface area (Å²) in [6.45, 7) is 8.23. The van der Waals surface area contributed by atoms with Crippen LogP contribution in [0.4, 0.5) is 14.9 Å². The van der Waals surface area contributed by atoms with Crippen LogP contribution in [0.15, 0.2) is 53.4 Å². The Labute approximate surface area is 290 Å². The number of nitrogens with two attached hydrogens (primary N) is 1. The molecule has 12 heteroatoms. The number of rotatable bonds is 12. The molecule has 4 fully saturated rings. The van der Waals surface area contributed by atoms with Crippen molar-refractivity contribution in [3.8, 4) is 0 Å². The summed E-state index contributed by atoms with van der Waals surface area (Å²) in [4.78, 5) is 30.9. The van der Waals surface area contributed by atoms with Crippen molar-refractivity contribution in [3.63, 3.8) is 0 Å². The summed E-state index contributed by atoms with van der Waals surface area (Å²) in [7, 11) is -1.83. The van der Waals surface area contributed by atoms with Crippen molar-refractivity contribution in [1.29, 1.82) is 0 Å². The Balaban J connectivity index is 1.16. The molecule has 2 aliphatic carbocycles. The second-order valence-electron chi connectivity index (χ2n) is 15.3. The van der Waals surface area contributed by atoms with E-state index in [9.17, 15) is 22.4 Å². The molecule has 2 amide bonds. The lowest BCUT2D eigenvalue weighted by Crippen LogP contribution is -2.60. The molecule has 2 aliphatic heterocycles. The predicted octanol–water partition coefficient (Wildman–Crippen LogP) is 4.23. The first-order valence-corrected chi connectivity index (χ1v) is 19.3. The number of sulfone groups is 1. The van der Waals surface area contributed by atoms with Crippen LogP contribution in [-0.2, 0) is 24.8 Å². The molecule has 2 saturated carbocycles. The number of methoxy groups -OCH3 is 1. The second kappa shape index (κ2) is 14.2. The first kappa shape index (κ1) is 35.6. The molecule has 0 aromatic heterocycles. The number of hydrogen-bond acceptors (Lipinski definition) is 8. The lowest BCUT2D eigenvalue weighted by atomic mass is 9.58. The van der Waals surface area contributed by atoms with Gasteiger partial charge in [-0.15, -0.1) is 0 Å². The summed E-state index contributed by atoms with van der Waals surface area (Å²) in [5, 5.41) is 6.03. The lowest BCUT2D eigenvalue weighted by molar-refractivity contribution is -0.125. The third kappa shape index (κ3) is 7.61. The number of piperidine rings is 1. The number of carbonyl (C=O) groups is 2. The number of ether oxygens (including phenoxy) is 1. The fourth-order valence-corrected chi connectivity index (χ4v) is 10.3. The van der Waals surface area contributed by atoms with Gasteiger partial charge in [0, 0.05) is 49.2 Å². The van der Waals surface area contributed by atoms with Crippen LogP contribution in [0.25, 0.3) is 0 Å². The van der Waals surface area contributed by atoms with Gasteiger partial charge in [0.1, 0.15) is 5.82 Å². The molecule has 4 N–H and O–H groups in total. The smallest absolute Gasteiger partial charge is 0.407 e. The first-order valence-electron chi connectivity index (χ1n) is 17.8. The topological polar surface area (TPSA) is 134 Å². The van der Waals surface area contributed by atoms with Crippen molar-refractivity contribution >= 4 is 27.5 Å². The standard InChI is InChI=1S/C37H52FN5O5S/c1-36(2,39)34(44)40-24-37(27-6-4-7-28(38)20-27,32-8-5-9-33(32)41-35(45)48-3)26-16-18-42(19-17-26)21-25-22-43(23-25)29-10-12-30(13-11-29)49(46,47)31-14-15-31/h4,6-7,10-13,20,25-26,31-33H,5,8-9,14-19,21-24,39H2,1-3H3,(H,40,44)(H,41,45)/t32-,33-,37-/m0/s1. The molecular formula is C37H52FN5O5S. The number of amides is 2. The normalized spacial score (nSPS) is 23.8. The van der Waals surface area contributed by atoms with Gasteiger partial charge in [-0.3, -0.25) is 4.79 Å². The summed E-state index contributed by atoms with van der Waals surface area (Å²) in [6.07, 6.45) is 5.29. The number of halogens is 1. The third-order valence-electron chi connectivity index (χ3n) is 11.4. The molecule has 4 aliphatic rings. The largest absolute Gasteiger partial charge is 0.453 e. The average Bonchev–Trinajstić information content (AvgIpc) is 3.83. The molecule has 2 aromatic rings. The van der Waals surface area contributed by atoms with Crippen molar-refractivity contribution < 1.29 is 27.1 Å². The number of hydrogen-bond donors (Lipinski definition) is 3. The molecule has 3 atom stereocenters. The highest BCUT2D eigenvalue weighted by atomic mass is 32.2. The molecule has 49 heavy (non-hydrogen) atoms. The summed E-state index contributed by atoms with van der Waals surface area (Å²) < 4.78 is 45.1. The Bertz CT molecular complexity index is 1600. The van der Waals surface area contributed by atoms with Crippen molar-refractivity contribution in [3.05, 3.63) is 59.9 Å². The van der Waals surface area contributed by atoms with E-state index in [1.54, 1.807) is 38.1 Å². The zero-order valence-corrected chi connectivity index (χ0v) is 29.8. The average molecular weight is 698 g/mol. The van der Waals surface area contributed by atoms with Gasteiger partial charge in [-0.2, -0.15) is 0 Å². The maximum atomic E-state index is 15.0. The van der Waals surface area contributed by atoms with Gasteiger partial charge in [0.15, 0.2) is 9.84 Å². The summed E-state index contributed by atoms with van der Waals surface area (Å²) >= 11 is 0. The first-order chi connectivity index (χ1) is 23.3. The highest BCUT2D eigenvalue weighted by Gasteiger charge is 2.52. The Morgan fingerprint density at radius 3 is 2.31 bits per heavy atom. The van der Waals surface area contributed by atoms with Crippen molar-refractivity contribution in [1.82, 2.24) is 15.5 Å². The molecule has 2 aromatic carbocycles. The molecular weight excluding hydrogens is 646 g/mol. The zero-order valence-electron chi connectivity index (χ0n) is 29.0. The highest BCUT2D eigenvalue weighted by Crippen LogP contribution is 2.50. The number of likely N-dealkylation sites (tertiary alicyclic amines) is 1. The Hall–Kier alpha value is -3.22. The van der Waals surface area contributed by atoms with E-state index in [2.05, 4.69) is 20.4 Å². The van der Waals surface area contributed by atoms with Crippen molar-refractivity contribution in [2.75, 3.05) is 51.3 Å². The number of anilines is 1. The fourth-order valence-electron chi connectivity index (χ4n) is 8.63. The number of carbonyl (C=O) groups excluding carboxylic acids is 2. The quantitative estimate of drug-likeness (QED) is 0.300. The van der Waals surface area contributed by atoms with E-state index in [1.807, 2.05) is 18.2 Å². The lowest BCUT2D eigenvalue weighted by Gasteiger charge is -2.51. The Kier molecular flexibility index (Phi) is 10.3.